The summed E-state index contributed by atoms with van der Waals surface area (Å²) in [7, 11) is -3.31. The molecule has 0 saturated heterocycles. The lowest BCUT2D eigenvalue weighted by molar-refractivity contribution is 0.564. The van der Waals surface area contributed by atoms with Crippen LogP contribution in [0, 0.1) is 0 Å². The maximum absolute atomic E-state index is 11.4. The van der Waals surface area contributed by atoms with Crippen LogP contribution in [0.25, 0.3) is 0 Å². The predicted molar refractivity (Wildman–Crippen MR) is 63.2 cm³/mol. The van der Waals surface area contributed by atoms with Gasteiger partial charge in [0.05, 0.1) is 10.6 Å². The first-order chi connectivity index (χ1) is 7.44. The molecular weight excluding hydrogens is 250 g/mol. The topological polar surface area (TPSA) is 83.5 Å². The van der Waals surface area contributed by atoms with Crippen LogP contribution in [-0.2, 0) is 21.1 Å². The Morgan fingerprint density at radius 1 is 1.31 bits per heavy atom. The summed E-state index contributed by atoms with van der Waals surface area (Å²) in [6.07, 6.45) is 0.536. The van der Waals surface area contributed by atoms with Crippen molar-refractivity contribution in [3.05, 3.63) is 24.3 Å². The van der Waals surface area contributed by atoms with Crippen LogP contribution in [0.4, 0.5) is 5.69 Å². The average Bonchev–Trinajstić information content (AvgIpc) is 2.17. The molecule has 0 heterocycles. The third-order valence-corrected chi connectivity index (χ3v) is 3.97. The van der Waals surface area contributed by atoms with Crippen molar-refractivity contribution < 1.29 is 17.2 Å². The molecule has 0 aliphatic rings. The van der Waals surface area contributed by atoms with E-state index in [1.54, 1.807) is 6.92 Å². The van der Waals surface area contributed by atoms with Crippen LogP contribution in [-0.4, -0.2) is 22.9 Å². The molecule has 1 unspecified atom stereocenters. The highest BCUT2D eigenvalue weighted by Crippen LogP contribution is 2.13. The normalized spacial score (nSPS) is 13.4. The second-order valence-corrected chi connectivity index (χ2v) is 6.01. The first-order valence-electron chi connectivity index (χ1n) is 4.66. The number of nitrogens with one attached hydrogen (secondary N) is 1. The van der Waals surface area contributed by atoms with Crippen molar-refractivity contribution in [3.8, 4) is 0 Å². The van der Waals surface area contributed by atoms with Crippen LogP contribution >= 0.6 is 0 Å². The maximum Gasteiger partial charge on any atom is 0.232 e. The van der Waals surface area contributed by atoms with Gasteiger partial charge in [0.1, 0.15) is 0 Å². The first-order valence-corrected chi connectivity index (χ1v) is 7.42. The zero-order valence-electron chi connectivity index (χ0n) is 8.71. The van der Waals surface area contributed by atoms with E-state index in [0.29, 0.717) is 12.1 Å². The van der Waals surface area contributed by atoms with Gasteiger partial charge in [0.2, 0.25) is 10.0 Å². The third kappa shape index (κ3) is 3.92. The molecule has 1 rings (SSSR count). The Balaban J connectivity index is 2.80. The highest BCUT2D eigenvalue weighted by Gasteiger charge is 2.08. The van der Waals surface area contributed by atoms with Crippen molar-refractivity contribution in [1.82, 2.24) is 0 Å². The van der Waals surface area contributed by atoms with Gasteiger partial charge in [0.15, 0.2) is 11.1 Å². The smallest absolute Gasteiger partial charge is 0.232 e. The van der Waals surface area contributed by atoms with Gasteiger partial charge in [-0.05, 0) is 30.7 Å². The number of rotatable bonds is 5. The summed E-state index contributed by atoms with van der Waals surface area (Å²) in [6.45, 7) is 1.78. The summed E-state index contributed by atoms with van der Waals surface area (Å²) in [4.78, 5) is 0.235. The highest BCUT2D eigenvalue weighted by atomic mass is 32.2. The van der Waals surface area contributed by atoms with Gasteiger partial charge in [-0.15, -0.1) is 0 Å². The standard InChI is InChI=1S/C9H13NO4S2/c1-2-7-16(13,14)10-8-3-5-9(6-4-8)15(11)12/h3-6,10H,2,7H2,1H3,(H,11,12). The fourth-order valence-corrected chi connectivity index (χ4v) is 2.64. The lowest BCUT2D eigenvalue weighted by Gasteiger charge is -2.06. The van der Waals surface area contributed by atoms with Gasteiger partial charge in [-0.3, -0.25) is 4.72 Å². The summed E-state index contributed by atoms with van der Waals surface area (Å²) in [5.74, 6) is 0.0562. The minimum absolute atomic E-state index is 0.0562. The van der Waals surface area contributed by atoms with E-state index in [9.17, 15) is 12.6 Å². The molecule has 0 amide bonds. The fraction of sp³-hybridized carbons (Fsp3) is 0.333. The van der Waals surface area contributed by atoms with E-state index in [-0.39, 0.29) is 10.6 Å². The lowest BCUT2D eigenvalue weighted by atomic mass is 10.3. The minimum Gasteiger partial charge on any atom is -0.302 e. The molecule has 1 aromatic carbocycles. The molecule has 0 saturated carbocycles. The van der Waals surface area contributed by atoms with Crippen LogP contribution in [0.5, 0.6) is 0 Å². The van der Waals surface area contributed by atoms with Crippen molar-refractivity contribution in [3.63, 3.8) is 0 Å². The second-order valence-electron chi connectivity index (χ2n) is 3.19. The van der Waals surface area contributed by atoms with Gasteiger partial charge in [0.25, 0.3) is 0 Å². The monoisotopic (exact) mass is 263 g/mol. The van der Waals surface area contributed by atoms with Gasteiger partial charge in [-0.25, -0.2) is 12.6 Å². The summed E-state index contributed by atoms with van der Waals surface area (Å²) in [5, 5.41) is 0. The van der Waals surface area contributed by atoms with Gasteiger partial charge in [0, 0.05) is 5.69 Å². The Morgan fingerprint density at radius 2 is 1.88 bits per heavy atom. The number of hydrogen-bond acceptors (Lipinski definition) is 3. The quantitative estimate of drug-likeness (QED) is 0.787. The molecule has 1 aromatic rings. The predicted octanol–water partition coefficient (Wildman–Crippen LogP) is 1.42. The number of hydrogen-bond donors (Lipinski definition) is 2. The van der Waals surface area contributed by atoms with Crippen LogP contribution < -0.4 is 4.72 Å². The number of benzene rings is 1. The van der Waals surface area contributed by atoms with Crippen molar-refractivity contribution in [2.24, 2.45) is 0 Å². The molecule has 0 bridgehead atoms. The Kier molecular flexibility index (Phi) is 4.45. The van der Waals surface area contributed by atoms with Crippen LogP contribution in [0.3, 0.4) is 0 Å². The van der Waals surface area contributed by atoms with Gasteiger partial charge in [-0.1, -0.05) is 6.92 Å². The van der Waals surface area contributed by atoms with Crippen LogP contribution in [0.1, 0.15) is 13.3 Å². The maximum atomic E-state index is 11.4. The summed E-state index contributed by atoms with van der Waals surface area (Å²) in [6, 6.07) is 5.72. The Bertz CT molecular complexity index is 467. The van der Waals surface area contributed by atoms with Crippen molar-refractivity contribution in [2.45, 2.75) is 18.2 Å². The van der Waals surface area contributed by atoms with Gasteiger partial charge in [-0.2, -0.15) is 0 Å². The second kappa shape index (κ2) is 5.42. The molecule has 5 nitrogen and oxygen atoms in total. The number of anilines is 1. The third-order valence-electron chi connectivity index (χ3n) is 1.80. The molecule has 0 aliphatic carbocycles. The van der Waals surface area contributed by atoms with Crippen molar-refractivity contribution in [2.75, 3.05) is 10.5 Å². The molecule has 0 aromatic heterocycles. The fourth-order valence-electron chi connectivity index (χ4n) is 1.14. The molecule has 1 atom stereocenters. The molecule has 90 valence electrons. The van der Waals surface area contributed by atoms with E-state index in [4.69, 9.17) is 4.55 Å². The zero-order chi connectivity index (χ0) is 12.2. The zero-order valence-corrected chi connectivity index (χ0v) is 10.3. The van der Waals surface area contributed by atoms with Gasteiger partial charge < -0.3 is 4.55 Å². The van der Waals surface area contributed by atoms with E-state index in [0.717, 1.165) is 0 Å². The van der Waals surface area contributed by atoms with Crippen LogP contribution in [0.15, 0.2) is 29.2 Å². The molecule has 0 spiro atoms. The van der Waals surface area contributed by atoms with E-state index in [1.165, 1.54) is 24.3 Å². The summed E-state index contributed by atoms with van der Waals surface area (Å²) in [5.41, 5.74) is 0.391. The molecule has 0 aliphatic heterocycles. The average molecular weight is 263 g/mol. The minimum atomic E-state index is -3.31. The van der Waals surface area contributed by atoms with Gasteiger partial charge >= 0.3 is 0 Å². The summed E-state index contributed by atoms with van der Waals surface area (Å²) >= 11 is -2.04. The lowest BCUT2D eigenvalue weighted by Crippen LogP contribution is -2.15. The molecular formula is C9H13NO4S2. The molecule has 0 radical (unpaired) electrons. The Labute approximate surface area is 97.2 Å². The van der Waals surface area contributed by atoms with E-state index < -0.39 is 21.1 Å². The number of sulfonamides is 1. The largest absolute Gasteiger partial charge is 0.302 e. The Morgan fingerprint density at radius 3 is 2.31 bits per heavy atom. The van der Waals surface area contributed by atoms with Crippen molar-refractivity contribution >= 4 is 26.8 Å². The Hall–Kier alpha value is -0.920. The molecule has 2 N–H and O–H groups in total. The SMILES string of the molecule is CCCS(=O)(=O)Nc1ccc(S(=O)O)cc1. The van der Waals surface area contributed by atoms with Crippen molar-refractivity contribution in [1.29, 1.82) is 0 Å². The van der Waals surface area contributed by atoms with Crippen LogP contribution in [0.2, 0.25) is 0 Å². The summed E-state index contributed by atoms with van der Waals surface area (Å²) < 4.78 is 44.6. The molecule has 16 heavy (non-hydrogen) atoms. The molecule has 0 fully saturated rings. The van der Waals surface area contributed by atoms with E-state index >= 15 is 0 Å². The highest BCUT2D eigenvalue weighted by molar-refractivity contribution is 7.92. The van der Waals surface area contributed by atoms with E-state index in [2.05, 4.69) is 4.72 Å². The molecule has 7 heteroatoms. The first kappa shape index (κ1) is 13.1. The van der Waals surface area contributed by atoms with E-state index in [1.807, 2.05) is 0 Å².